The first kappa shape index (κ1) is 32.2. The van der Waals surface area contributed by atoms with Gasteiger partial charge in [0, 0.05) is 6.42 Å². The Kier molecular flexibility index (Phi) is 17.3. The van der Waals surface area contributed by atoms with Crippen LogP contribution in [0.15, 0.2) is 58.7 Å². The van der Waals surface area contributed by atoms with Crippen LogP contribution in [0.4, 0.5) is 0 Å². The van der Waals surface area contributed by atoms with Gasteiger partial charge in [-0.25, -0.2) is 0 Å². The standard InChI is InChI=1S/C34H56O2/c1-7-8-9-10-11-12-13-14-15-16-17-23-33(35)36-28-26-30(3)21-18-20-29(2)24-25-32-31(4)22-19-27-34(32,5)6/h18,20-21,24-26H,7-17,19,22-23,27-28H2,1-6H3/b21-18-,25-24+,29-20+,30-26+. The van der Waals surface area contributed by atoms with E-state index in [1.807, 2.05) is 13.0 Å². The Balaban J connectivity index is 2.19. The lowest BCUT2D eigenvalue weighted by molar-refractivity contribution is -0.142. The highest BCUT2D eigenvalue weighted by Crippen LogP contribution is 2.40. The van der Waals surface area contributed by atoms with Gasteiger partial charge in [0.1, 0.15) is 6.61 Å². The molecule has 0 aliphatic heterocycles. The molecule has 0 amide bonds. The molecule has 0 N–H and O–H groups in total. The summed E-state index contributed by atoms with van der Waals surface area (Å²) in [6.45, 7) is 13.8. The molecule has 0 bridgehead atoms. The predicted molar refractivity (Wildman–Crippen MR) is 158 cm³/mol. The van der Waals surface area contributed by atoms with E-state index in [9.17, 15) is 4.79 Å². The summed E-state index contributed by atoms with van der Waals surface area (Å²) >= 11 is 0. The van der Waals surface area contributed by atoms with E-state index in [4.69, 9.17) is 4.74 Å². The fourth-order valence-electron chi connectivity index (χ4n) is 4.97. The maximum absolute atomic E-state index is 12.0. The summed E-state index contributed by atoms with van der Waals surface area (Å²) in [5.74, 6) is -0.0740. The molecule has 1 aliphatic rings. The second-order valence-corrected chi connectivity index (χ2v) is 11.5. The Bertz CT molecular complexity index is 773. The lowest BCUT2D eigenvalue weighted by Crippen LogP contribution is -2.19. The molecule has 0 aromatic carbocycles. The number of allylic oxidation sites excluding steroid dienone is 9. The molecular weight excluding hydrogens is 440 g/mol. The Morgan fingerprint density at radius 1 is 0.889 bits per heavy atom. The van der Waals surface area contributed by atoms with E-state index in [2.05, 4.69) is 65.0 Å². The molecular formula is C34H56O2. The largest absolute Gasteiger partial charge is 0.461 e. The van der Waals surface area contributed by atoms with Crippen molar-refractivity contribution in [2.45, 2.75) is 138 Å². The molecule has 0 unspecified atom stereocenters. The van der Waals surface area contributed by atoms with E-state index < -0.39 is 0 Å². The zero-order valence-electron chi connectivity index (χ0n) is 24.6. The monoisotopic (exact) mass is 496 g/mol. The highest BCUT2D eigenvalue weighted by Gasteiger charge is 2.26. The molecule has 36 heavy (non-hydrogen) atoms. The van der Waals surface area contributed by atoms with Crippen molar-refractivity contribution in [3.8, 4) is 0 Å². The maximum atomic E-state index is 12.0. The molecule has 0 radical (unpaired) electrons. The van der Waals surface area contributed by atoms with Gasteiger partial charge in [0.05, 0.1) is 0 Å². The van der Waals surface area contributed by atoms with Crippen molar-refractivity contribution in [3.63, 3.8) is 0 Å². The van der Waals surface area contributed by atoms with Crippen LogP contribution in [0.2, 0.25) is 0 Å². The Hall–Kier alpha value is -1.83. The first-order chi connectivity index (χ1) is 17.3. The molecule has 2 heteroatoms. The molecule has 0 saturated heterocycles. The van der Waals surface area contributed by atoms with E-state index in [0.717, 1.165) is 18.4 Å². The number of carbonyl (C=O) groups excluding carboxylic acids is 1. The van der Waals surface area contributed by atoms with Gasteiger partial charge in [-0.15, -0.1) is 0 Å². The van der Waals surface area contributed by atoms with Crippen molar-refractivity contribution in [1.82, 2.24) is 0 Å². The minimum absolute atomic E-state index is 0.0740. The number of hydrogen-bond donors (Lipinski definition) is 0. The highest BCUT2D eigenvalue weighted by atomic mass is 16.5. The van der Waals surface area contributed by atoms with Crippen LogP contribution in [-0.2, 0) is 9.53 Å². The van der Waals surface area contributed by atoms with Crippen LogP contribution >= 0.6 is 0 Å². The van der Waals surface area contributed by atoms with E-state index in [-0.39, 0.29) is 11.4 Å². The second kappa shape index (κ2) is 19.3. The van der Waals surface area contributed by atoms with Crippen molar-refractivity contribution >= 4 is 5.97 Å². The molecule has 0 spiro atoms. The maximum Gasteiger partial charge on any atom is 0.306 e. The molecule has 0 atom stereocenters. The Morgan fingerprint density at radius 2 is 1.50 bits per heavy atom. The quantitative estimate of drug-likeness (QED) is 0.107. The van der Waals surface area contributed by atoms with Crippen LogP contribution in [0.5, 0.6) is 0 Å². The van der Waals surface area contributed by atoms with Crippen molar-refractivity contribution < 1.29 is 9.53 Å². The minimum atomic E-state index is -0.0740. The summed E-state index contributed by atoms with van der Waals surface area (Å²) in [5, 5.41) is 0. The van der Waals surface area contributed by atoms with Gasteiger partial charge in [-0.1, -0.05) is 132 Å². The summed E-state index contributed by atoms with van der Waals surface area (Å²) in [6, 6.07) is 0. The summed E-state index contributed by atoms with van der Waals surface area (Å²) in [4.78, 5) is 12.0. The molecule has 1 rings (SSSR count). The van der Waals surface area contributed by atoms with Crippen LogP contribution in [0.25, 0.3) is 0 Å². The zero-order chi connectivity index (χ0) is 26.7. The van der Waals surface area contributed by atoms with Crippen LogP contribution in [-0.4, -0.2) is 12.6 Å². The van der Waals surface area contributed by atoms with Crippen LogP contribution in [0.3, 0.4) is 0 Å². The molecule has 0 heterocycles. The number of unbranched alkanes of at least 4 members (excludes halogenated alkanes) is 10. The van der Waals surface area contributed by atoms with E-state index >= 15 is 0 Å². The molecule has 2 nitrogen and oxygen atoms in total. The Labute approximate surface area is 224 Å². The third-order valence-corrected chi connectivity index (χ3v) is 7.41. The van der Waals surface area contributed by atoms with Crippen molar-refractivity contribution in [3.05, 3.63) is 58.7 Å². The van der Waals surface area contributed by atoms with Crippen LogP contribution < -0.4 is 0 Å². The molecule has 0 fully saturated rings. The molecule has 0 aromatic rings. The van der Waals surface area contributed by atoms with Crippen LogP contribution in [0, 0.1) is 5.41 Å². The van der Waals surface area contributed by atoms with Gasteiger partial charge in [-0.2, -0.15) is 0 Å². The van der Waals surface area contributed by atoms with Gasteiger partial charge in [-0.05, 0) is 63.5 Å². The first-order valence-electron chi connectivity index (χ1n) is 14.8. The third-order valence-electron chi connectivity index (χ3n) is 7.41. The van der Waals surface area contributed by atoms with Crippen molar-refractivity contribution in [2.75, 3.05) is 6.61 Å². The van der Waals surface area contributed by atoms with Gasteiger partial charge >= 0.3 is 5.97 Å². The lowest BCUT2D eigenvalue weighted by atomic mass is 9.72. The second-order valence-electron chi connectivity index (χ2n) is 11.5. The SMILES string of the molecule is CCCCCCCCCCCCCC(=O)OC/C=C(C)/C=C\C=C(C)\C=C\C1=C(C)CCCC1(C)C. The average molecular weight is 497 g/mol. The minimum Gasteiger partial charge on any atom is -0.461 e. The molecule has 204 valence electrons. The number of hydrogen-bond acceptors (Lipinski definition) is 2. The summed E-state index contributed by atoms with van der Waals surface area (Å²) in [5.41, 5.74) is 5.65. The fourth-order valence-corrected chi connectivity index (χ4v) is 4.97. The zero-order valence-corrected chi connectivity index (χ0v) is 24.6. The topological polar surface area (TPSA) is 26.3 Å². The Morgan fingerprint density at radius 3 is 2.11 bits per heavy atom. The first-order valence-corrected chi connectivity index (χ1v) is 14.8. The van der Waals surface area contributed by atoms with Gasteiger partial charge in [-0.3, -0.25) is 4.79 Å². The van der Waals surface area contributed by atoms with Gasteiger partial charge in [0.2, 0.25) is 0 Å². The third kappa shape index (κ3) is 15.3. The van der Waals surface area contributed by atoms with Crippen LogP contribution in [0.1, 0.15) is 138 Å². The summed E-state index contributed by atoms with van der Waals surface area (Å²) in [6.07, 6.45) is 31.4. The smallest absolute Gasteiger partial charge is 0.306 e. The van der Waals surface area contributed by atoms with E-state index in [1.54, 1.807) is 0 Å². The average Bonchev–Trinajstić information content (AvgIpc) is 2.82. The number of ether oxygens (including phenoxy) is 1. The predicted octanol–water partition coefficient (Wildman–Crippen LogP) is 10.8. The molecule has 0 saturated carbocycles. The summed E-state index contributed by atoms with van der Waals surface area (Å²) in [7, 11) is 0. The lowest BCUT2D eigenvalue weighted by Gasteiger charge is -2.32. The molecule has 1 aliphatic carbocycles. The van der Waals surface area contributed by atoms with Gasteiger partial charge in [0.15, 0.2) is 0 Å². The molecule has 0 aromatic heterocycles. The number of rotatable bonds is 18. The van der Waals surface area contributed by atoms with Gasteiger partial charge < -0.3 is 4.74 Å². The van der Waals surface area contributed by atoms with Crippen molar-refractivity contribution in [2.24, 2.45) is 5.41 Å². The normalized spacial score (nSPS) is 16.9. The highest BCUT2D eigenvalue weighted by molar-refractivity contribution is 5.69. The van der Waals surface area contributed by atoms with E-state index in [1.165, 1.54) is 93.8 Å². The number of esters is 1. The van der Waals surface area contributed by atoms with E-state index in [0.29, 0.717) is 13.0 Å². The summed E-state index contributed by atoms with van der Waals surface area (Å²) < 4.78 is 5.39. The number of carbonyl (C=O) groups is 1. The van der Waals surface area contributed by atoms with Crippen molar-refractivity contribution in [1.29, 1.82) is 0 Å². The fraction of sp³-hybridized carbons (Fsp3) is 0.676. The van der Waals surface area contributed by atoms with Gasteiger partial charge in [0.25, 0.3) is 0 Å².